The summed E-state index contributed by atoms with van der Waals surface area (Å²) in [5, 5.41) is 3.13. The number of nitrogens with zero attached hydrogens (tertiary/aromatic N) is 2. The third-order valence-corrected chi connectivity index (χ3v) is 2.83. The predicted octanol–water partition coefficient (Wildman–Crippen LogP) is 3.98. The molecule has 0 saturated heterocycles. The van der Waals surface area contributed by atoms with Gasteiger partial charge in [-0.25, -0.2) is 9.78 Å². The van der Waals surface area contributed by atoms with Crippen LogP contribution in [0, 0.1) is 4.91 Å². The molecule has 0 fully saturated rings. The van der Waals surface area contributed by atoms with E-state index in [1.807, 2.05) is 0 Å². The van der Waals surface area contributed by atoms with Gasteiger partial charge in [-0.15, -0.1) is 4.91 Å². The van der Waals surface area contributed by atoms with Crippen LogP contribution in [0.4, 0.5) is 5.69 Å². The summed E-state index contributed by atoms with van der Waals surface area (Å²) < 4.78 is 4.99. The van der Waals surface area contributed by atoms with Crippen molar-refractivity contribution in [1.29, 1.82) is 0 Å². The average molecular weight is 291 g/mol. The van der Waals surface area contributed by atoms with Crippen LogP contribution in [0.15, 0.2) is 41.6 Å². The van der Waals surface area contributed by atoms with E-state index in [1.54, 1.807) is 31.2 Å². The van der Waals surface area contributed by atoms with Gasteiger partial charge in [-0.05, 0) is 30.3 Å². The number of pyridine rings is 1. The highest BCUT2D eigenvalue weighted by molar-refractivity contribution is 6.29. The number of benzene rings is 1. The molecule has 102 valence electrons. The molecule has 0 unspecified atom stereocenters. The first-order valence-corrected chi connectivity index (χ1v) is 6.31. The molecule has 6 heteroatoms. The molecule has 2 aromatic rings. The lowest BCUT2D eigenvalue weighted by Crippen LogP contribution is -2.06. The quantitative estimate of drug-likeness (QED) is 0.485. The van der Waals surface area contributed by atoms with Crippen molar-refractivity contribution in [2.24, 2.45) is 5.18 Å². The van der Waals surface area contributed by atoms with Crippen LogP contribution in [0.25, 0.3) is 11.3 Å². The van der Waals surface area contributed by atoms with Gasteiger partial charge in [0.25, 0.3) is 0 Å². The molecule has 0 radical (unpaired) electrons. The van der Waals surface area contributed by atoms with Crippen LogP contribution in [0.2, 0.25) is 5.15 Å². The largest absolute Gasteiger partial charge is 0.462 e. The number of aromatic nitrogens is 1. The van der Waals surface area contributed by atoms with Crippen molar-refractivity contribution in [1.82, 2.24) is 4.98 Å². The van der Waals surface area contributed by atoms with Crippen molar-refractivity contribution < 1.29 is 9.53 Å². The molecule has 0 N–H and O–H groups in total. The number of halogens is 1. The summed E-state index contributed by atoms with van der Waals surface area (Å²) in [6, 6.07) is 9.63. The average Bonchev–Trinajstić information content (AvgIpc) is 2.47. The number of hydrogen-bond donors (Lipinski definition) is 0. The summed E-state index contributed by atoms with van der Waals surface area (Å²) in [7, 11) is 0. The Hall–Kier alpha value is -2.27. The Balaban J connectivity index is 2.61. The van der Waals surface area contributed by atoms with Gasteiger partial charge >= 0.3 is 5.97 Å². The van der Waals surface area contributed by atoms with E-state index in [0.29, 0.717) is 11.1 Å². The van der Waals surface area contributed by atoms with Gasteiger partial charge in [0, 0.05) is 5.56 Å². The summed E-state index contributed by atoms with van der Waals surface area (Å²) in [5.74, 6) is -0.485. The molecule has 1 heterocycles. The van der Waals surface area contributed by atoms with Crippen LogP contribution >= 0.6 is 11.6 Å². The molecular weight excluding hydrogens is 280 g/mol. The van der Waals surface area contributed by atoms with Crippen LogP contribution in [0.1, 0.15) is 17.3 Å². The first-order chi connectivity index (χ1) is 9.67. The first-order valence-electron chi connectivity index (χ1n) is 5.93. The zero-order valence-corrected chi connectivity index (χ0v) is 11.4. The predicted molar refractivity (Wildman–Crippen MR) is 76.1 cm³/mol. The zero-order chi connectivity index (χ0) is 14.5. The summed E-state index contributed by atoms with van der Waals surface area (Å²) in [6.45, 7) is 1.98. The molecule has 0 spiro atoms. The smallest absolute Gasteiger partial charge is 0.338 e. The van der Waals surface area contributed by atoms with E-state index in [-0.39, 0.29) is 23.1 Å². The molecule has 1 aromatic heterocycles. The third-order valence-electron chi connectivity index (χ3n) is 2.62. The van der Waals surface area contributed by atoms with Gasteiger partial charge in [-0.3, -0.25) is 0 Å². The maximum absolute atomic E-state index is 11.9. The van der Waals surface area contributed by atoms with Crippen LogP contribution in [0.5, 0.6) is 0 Å². The molecular formula is C14H11ClN2O3. The molecule has 20 heavy (non-hydrogen) atoms. The maximum Gasteiger partial charge on any atom is 0.338 e. The number of esters is 1. The van der Waals surface area contributed by atoms with E-state index in [2.05, 4.69) is 10.2 Å². The summed E-state index contributed by atoms with van der Waals surface area (Å²) in [4.78, 5) is 26.9. The van der Waals surface area contributed by atoms with Gasteiger partial charge in [0.2, 0.25) is 0 Å². The van der Waals surface area contributed by atoms with E-state index in [4.69, 9.17) is 16.3 Å². The number of carbonyl (C=O) groups is 1. The fourth-order valence-electron chi connectivity index (χ4n) is 1.78. The van der Waals surface area contributed by atoms with Crippen LogP contribution in [0.3, 0.4) is 0 Å². The van der Waals surface area contributed by atoms with Gasteiger partial charge in [0.15, 0.2) is 0 Å². The SMILES string of the molecule is CCOC(=O)c1ccccc1-c1nc(Cl)ccc1N=O. The minimum absolute atomic E-state index is 0.117. The monoisotopic (exact) mass is 290 g/mol. The van der Waals surface area contributed by atoms with Crippen molar-refractivity contribution in [3.05, 3.63) is 52.0 Å². The van der Waals surface area contributed by atoms with Gasteiger partial charge < -0.3 is 4.74 Å². The van der Waals surface area contributed by atoms with Crippen molar-refractivity contribution in [2.75, 3.05) is 6.61 Å². The van der Waals surface area contributed by atoms with Gasteiger partial charge in [-0.2, -0.15) is 0 Å². The minimum atomic E-state index is -0.485. The summed E-state index contributed by atoms with van der Waals surface area (Å²) >= 11 is 5.85. The van der Waals surface area contributed by atoms with Crippen molar-refractivity contribution in [3.8, 4) is 11.3 Å². The lowest BCUT2D eigenvalue weighted by Gasteiger charge is -2.09. The molecule has 1 aromatic carbocycles. The molecule has 5 nitrogen and oxygen atoms in total. The number of ether oxygens (including phenoxy) is 1. The number of rotatable bonds is 4. The Morgan fingerprint density at radius 2 is 2.05 bits per heavy atom. The Morgan fingerprint density at radius 1 is 1.30 bits per heavy atom. The van der Waals surface area contributed by atoms with Crippen LogP contribution < -0.4 is 0 Å². The van der Waals surface area contributed by atoms with Gasteiger partial charge in [-0.1, -0.05) is 29.8 Å². The number of carbonyl (C=O) groups excluding carboxylic acids is 1. The first kappa shape index (κ1) is 14.1. The Bertz CT molecular complexity index is 659. The highest BCUT2D eigenvalue weighted by Crippen LogP contribution is 2.32. The van der Waals surface area contributed by atoms with Crippen LogP contribution in [-0.4, -0.2) is 17.6 Å². The van der Waals surface area contributed by atoms with E-state index in [9.17, 15) is 9.70 Å². The Kier molecular flexibility index (Phi) is 4.42. The molecule has 0 saturated carbocycles. The highest BCUT2D eigenvalue weighted by Gasteiger charge is 2.17. The molecule has 0 bridgehead atoms. The van der Waals surface area contributed by atoms with E-state index >= 15 is 0 Å². The highest BCUT2D eigenvalue weighted by atomic mass is 35.5. The summed E-state index contributed by atoms with van der Waals surface area (Å²) in [5.41, 5.74) is 1.15. The minimum Gasteiger partial charge on any atom is -0.462 e. The molecule has 0 aliphatic heterocycles. The molecule has 0 aliphatic carbocycles. The van der Waals surface area contributed by atoms with Crippen molar-refractivity contribution in [3.63, 3.8) is 0 Å². The van der Waals surface area contributed by atoms with Gasteiger partial charge in [0.05, 0.1) is 12.2 Å². The van der Waals surface area contributed by atoms with E-state index in [0.717, 1.165) is 0 Å². The molecule has 0 aliphatic rings. The lowest BCUT2D eigenvalue weighted by atomic mass is 10.0. The normalized spacial score (nSPS) is 10.1. The zero-order valence-electron chi connectivity index (χ0n) is 10.7. The van der Waals surface area contributed by atoms with Crippen LogP contribution in [-0.2, 0) is 4.74 Å². The van der Waals surface area contributed by atoms with Crippen molar-refractivity contribution >= 4 is 23.3 Å². The molecule has 0 atom stereocenters. The second-order valence-electron chi connectivity index (χ2n) is 3.86. The lowest BCUT2D eigenvalue weighted by molar-refractivity contribution is 0.0527. The fourth-order valence-corrected chi connectivity index (χ4v) is 1.92. The Morgan fingerprint density at radius 3 is 2.75 bits per heavy atom. The number of nitroso groups, excluding NO2 is 1. The molecule has 2 rings (SSSR count). The summed E-state index contributed by atoms with van der Waals surface area (Å²) in [6.07, 6.45) is 0. The Labute approximate surface area is 120 Å². The number of hydrogen-bond acceptors (Lipinski definition) is 5. The fraction of sp³-hybridized carbons (Fsp3) is 0.143. The van der Waals surface area contributed by atoms with Crippen molar-refractivity contribution in [2.45, 2.75) is 6.92 Å². The van der Waals surface area contributed by atoms with Gasteiger partial charge in [0.1, 0.15) is 16.5 Å². The topological polar surface area (TPSA) is 68.6 Å². The van der Waals surface area contributed by atoms with E-state index in [1.165, 1.54) is 12.1 Å². The molecule has 0 amide bonds. The maximum atomic E-state index is 11.9. The standard InChI is InChI=1S/C14H11ClN2O3/c1-2-20-14(18)10-6-4-3-5-9(10)13-11(17-19)7-8-12(15)16-13/h3-8H,2H2,1H3. The second kappa shape index (κ2) is 6.25. The second-order valence-corrected chi connectivity index (χ2v) is 4.25. The third kappa shape index (κ3) is 2.83. The van der Waals surface area contributed by atoms with E-state index < -0.39 is 5.97 Å².